The summed E-state index contributed by atoms with van der Waals surface area (Å²) in [7, 11) is 0. The molecule has 0 saturated heterocycles. The molecule has 1 rings (SSSR count). The molecule has 1 N–H and O–H groups in total. The van der Waals surface area contributed by atoms with Crippen molar-refractivity contribution >= 4 is 11.4 Å². The van der Waals surface area contributed by atoms with E-state index in [0.717, 1.165) is 18.2 Å². The van der Waals surface area contributed by atoms with Gasteiger partial charge in [0.25, 0.3) is 11.4 Å². The molecule has 1 aromatic carbocycles. The van der Waals surface area contributed by atoms with Crippen LogP contribution in [0.25, 0.3) is 0 Å². The van der Waals surface area contributed by atoms with E-state index in [0.29, 0.717) is 0 Å². The van der Waals surface area contributed by atoms with E-state index in [1.165, 1.54) is 0 Å². The van der Waals surface area contributed by atoms with E-state index < -0.39 is 22.1 Å². The van der Waals surface area contributed by atoms with Crippen LogP contribution in [-0.2, 0) is 6.61 Å². The molecule has 0 heterocycles. The summed E-state index contributed by atoms with van der Waals surface area (Å²) in [5.74, 6) is 0. The molecule has 1 aromatic rings. The molecule has 0 saturated carbocycles. The Morgan fingerprint density at radius 3 is 2.29 bits per heavy atom. The normalized spacial score (nSPS) is 9.79. The van der Waals surface area contributed by atoms with Crippen LogP contribution in [0.4, 0.5) is 11.4 Å². The predicted octanol–water partition coefficient (Wildman–Crippen LogP) is 0.995. The Bertz CT molecular complexity index is 390. The van der Waals surface area contributed by atoms with Gasteiger partial charge in [0.1, 0.15) is 0 Å². The van der Waals surface area contributed by atoms with Crippen LogP contribution in [-0.4, -0.2) is 15.0 Å². The maximum atomic E-state index is 10.4. The van der Waals surface area contributed by atoms with Crippen LogP contribution in [0.5, 0.6) is 0 Å². The van der Waals surface area contributed by atoms with E-state index >= 15 is 0 Å². The van der Waals surface area contributed by atoms with Crippen LogP contribution in [0, 0.1) is 20.2 Å². The van der Waals surface area contributed by atoms with Gasteiger partial charge >= 0.3 is 0 Å². The number of aliphatic hydroxyl groups is 1. The lowest BCUT2D eigenvalue weighted by Crippen LogP contribution is -1.97. The Labute approximate surface area is 77.9 Å². The third kappa shape index (κ3) is 1.83. The minimum atomic E-state index is -0.765. The summed E-state index contributed by atoms with van der Waals surface area (Å²) in [4.78, 5) is 19.2. The number of non-ortho nitro benzene ring substituents is 1. The van der Waals surface area contributed by atoms with E-state index in [1.54, 1.807) is 0 Å². The molecule has 0 radical (unpaired) electrons. The number of benzene rings is 1. The fraction of sp³-hybridized carbons (Fsp3) is 0.143. The van der Waals surface area contributed by atoms with Gasteiger partial charge in [-0.25, -0.2) is 0 Å². The molecule has 0 spiro atoms. The molecule has 14 heavy (non-hydrogen) atoms. The highest BCUT2D eigenvalue weighted by atomic mass is 16.6. The minimum Gasteiger partial charge on any atom is -0.391 e. The molecule has 7 heteroatoms. The number of hydrogen-bond donors (Lipinski definition) is 1. The molecule has 7 nitrogen and oxygen atoms in total. The summed E-state index contributed by atoms with van der Waals surface area (Å²) in [6, 6.07) is 3.10. The summed E-state index contributed by atoms with van der Waals surface area (Å²) >= 11 is 0. The Kier molecular flexibility index (Phi) is 2.73. The van der Waals surface area contributed by atoms with Gasteiger partial charge in [-0.1, -0.05) is 0 Å². The Hall–Kier alpha value is -2.02. The van der Waals surface area contributed by atoms with E-state index in [4.69, 9.17) is 5.11 Å². The van der Waals surface area contributed by atoms with E-state index in [2.05, 4.69) is 0 Å². The zero-order chi connectivity index (χ0) is 10.7. The number of nitro groups is 2. The highest BCUT2D eigenvalue weighted by Gasteiger charge is 2.18. The van der Waals surface area contributed by atoms with Gasteiger partial charge in [0.2, 0.25) is 0 Å². The third-order valence-corrected chi connectivity index (χ3v) is 1.65. The molecular weight excluding hydrogens is 194 g/mol. The second-order valence-corrected chi connectivity index (χ2v) is 2.49. The molecule has 0 fully saturated rings. The van der Waals surface area contributed by atoms with Crippen molar-refractivity contribution in [1.82, 2.24) is 0 Å². The number of aliphatic hydroxyl groups excluding tert-OH is 1. The highest BCUT2D eigenvalue weighted by molar-refractivity contribution is 5.48. The second-order valence-electron chi connectivity index (χ2n) is 2.49. The van der Waals surface area contributed by atoms with Crippen molar-refractivity contribution in [1.29, 1.82) is 0 Å². The molecule has 0 bridgehead atoms. The Morgan fingerprint density at radius 2 is 1.86 bits per heavy atom. The average molecular weight is 200 g/mol. The molecule has 0 atom stereocenters. The number of nitro benzene ring substituents is 2. The first kappa shape index (κ1) is 10.1. The molecule has 0 aliphatic heterocycles. The zero-order valence-electron chi connectivity index (χ0n) is 6.91. The van der Waals surface area contributed by atoms with Crippen molar-refractivity contribution in [3.63, 3.8) is 0 Å². The topological polar surface area (TPSA) is 107 Å². The van der Waals surface area contributed by atoms with Gasteiger partial charge in [-0.05, 0) is 6.07 Å². The fourth-order valence-corrected chi connectivity index (χ4v) is 0.969. The van der Waals surface area contributed by atoms with Crippen molar-refractivity contribution in [2.24, 2.45) is 0 Å². The zero-order valence-corrected chi connectivity index (χ0v) is 6.91. The van der Waals surface area contributed by atoms with Crippen LogP contribution in [0.2, 0.25) is 0 Å². The quantitative estimate of drug-likeness (QED) is 0.578. The molecule has 0 aliphatic rings. The lowest BCUT2D eigenvalue weighted by molar-refractivity contribution is -0.394. The molecule has 0 amide bonds. The van der Waals surface area contributed by atoms with Gasteiger partial charge < -0.3 is 5.11 Å². The first-order valence-corrected chi connectivity index (χ1v) is 3.59. The predicted molar refractivity (Wildman–Crippen MR) is 45.7 cm³/mol. The van der Waals surface area contributed by atoms with Crippen molar-refractivity contribution < 1.29 is 15.0 Å². The van der Waals surface area contributed by atoms with Crippen LogP contribution in [0.3, 0.4) is 0 Å². The first-order chi connectivity index (χ1) is 6.56. The van der Waals surface area contributed by atoms with E-state index in [9.17, 15) is 20.2 Å². The molecule has 0 aliphatic carbocycles. The molecular formula is C7H6N2O5. The fourth-order valence-electron chi connectivity index (χ4n) is 0.969. The van der Waals surface area contributed by atoms with Gasteiger partial charge in [-0.2, -0.15) is 0 Å². The maximum Gasteiger partial charge on any atom is 0.281 e. The SMILES string of the molecule is O=[N+]([O-])c1ccc([14CH2]O)c([N+](=O)[O-])c1. The number of rotatable bonds is 3. The standard InChI is InChI=1S/C7H6N2O5/c10-4-5-1-2-6(8(11)12)3-7(5)9(13)14/h1-3,10H,4H2/i4+2. The average Bonchev–Trinajstić information content (AvgIpc) is 2.16. The van der Waals surface area contributed by atoms with Crippen molar-refractivity contribution in [3.05, 3.63) is 44.0 Å². The van der Waals surface area contributed by atoms with Gasteiger partial charge in [0.15, 0.2) is 0 Å². The summed E-state index contributed by atoms with van der Waals surface area (Å²) in [6.45, 7) is -0.520. The van der Waals surface area contributed by atoms with Crippen LogP contribution >= 0.6 is 0 Å². The number of hydrogen-bond acceptors (Lipinski definition) is 5. The monoisotopic (exact) mass is 200 g/mol. The van der Waals surface area contributed by atoms with Crippen molar-refractivity contribution in [2.75, 3.05) is 0 Å². The van der Waals surface area contributed by atoms with Crippen LogP contribution in [0.1, 0.15) is 5.56 Å². The van der Waals surface area contributed by atoms with Crippen molar-refractivity contribution in [2.45, 2.75) is 6.61 Å². The summed E-state index contributed by atoms with van der Waals surface area (Å²) in [5, 5.41) is 29.4. The minimum absolute atomic E-state index is 0.0561. The lowest BCUT2D eigenvalue weighted by Gasteiger charge is -1.98. The summed E-state index contributed by atoms with van der Waals surface area (Å²) in [6.07, 6.45) is 0. The number of nitrogens with zero attached hydrogens (tertiary/aromatic N) is 2. The second kappa shape index (κ2) is 3.79. The first-order valence-electron chi connectivity index (χ1n) is 3.59. The van der Waals surface area contributed by atoms with Crippen molar-refractivity contribution in [3.8, 4) is 0 Å². The lowest BCUT2D eigenvalue weighted by atomic mass is 10.2. The molecule has 74 valence electrons. The molecule has 0 aromatic heterocycles. The largest absolute Gasteiger partial charge is 0.391 e. The third-order valence-electron chi connectivity index (χ3n) is 1.65. The van der Waals surface area contributed by atoms with E-state index in [-0.39, 0.29) is 11.3 Å². The maximum absolute atomic E-state index is 10.4. The smallest absolute Gasteiger partial charge is 0.281 e. The van der Waals surface area contributed by atoms with Gasteiger partial charge in [-0.3, -0.25) is 20.2 Å². The van der Waals surface area contributed by atoms with Gasteiger partial charge in [-0.15, -0.1) is 0 Å². The van der Waals surface area contributed by atoms with Gasteiger partial charge in [0.05, 0.1) is 28.1 Å². The van der Waals surface area contributed by atoms with Crippen LogP contribution < -0.4 is 0 Å². The van der Waals surface area contributed by atoms with Crippen LogP contribution in [0.15, 0.2) is 18.2 Å². The highest BCUT2D eigenvalue weighted by Crippen LogP contribution is 2.24. The Morgan fingerprint density at radius 1 is 1.21 bits per heavy atom. The van der Waals surface area contributed by atoms with E-state index in [1.807, 2.05) is 0 Å². The van der Waals surface area contributed by atoms with Gasteiger partial charge in [0, 0.05) is 6.07 Å². The Balaban J connectivity index is 3.27. The summed E-state index contributed by atoms with van der Waals surface area (Å²) < 4.78 is 0. The molecule has 0 unspecified atom stereocenters. The summed E-state index contributed by atoms with van der Waals surface area (Å²) in [5.41, 5.74) is -0.754.